The number of carbonyl (C=O) groups excluding carboxylic acids is 1. The zero-order valence-corrected chi connectivity index (χ0v) is 11.5. The Labute approximate surface area is 116 Å². The van der Waals surface area contributed by atoms with Crippen LogP contribution in [0.5, 0.6) is 5.75 Å². The minimum absolute atomic E-state index is 0.0220. The van der Waals surface area contributed by atoms with Gasteiger partial charge >= 0.3 is 6.09 Å². The van der Waals surface area contributed by atoms with Gasteiger partial charge in [-0.3, -0.25) is 0 Å². The van der Waals surface area contributed by atoms with Gasteiger partial charge in [0.25, 0.3) is 0 Å². The van der Waals surface area contributed by atoms with Gasteiger partial charge in [0.1, 0.15) is 5.60 Å². The molecule has 0 atom stereocenters. The Morgan fingerprint density at radius 1 is 1.35 bits per heavy atom. The third-order valence-corrected chi connectivity index (χ3v) is 2.15. The fourth-order valence-corrected chi connectivity index (χ4v) is 1.33. The van der Waals surface area contributed by atoms with Crippen LogP contribution in [0.4, 0.5) is 13.6 Å². The molecule has 20 heavy (non-hydrogen) atoms. The molecule has 0 saturated carbocycles. The molecule has 0 aromatic heterocycles. The molecule has 0 bridgehead atoms. The molecule has 0 unspecified atom stereocenters. The van der Waals surface area contributed by atoms with Crippen LogP contribution >= 0.6 is 0 Å². The van der Waals surface area contributed by atoms with Crippen molar-refractivity contribution in [2.75, 3.05) is 6.54 Å². The summed E-state index contributed by atoms with van der Waals surface area (Å²) in [5.74, 6) is -3.18. The number of amides is 1. The third-order valence-electron chi connectivity index (χ3n) is 2.15. The second-order valence-electron chi connectivity index (χ2n) is 5.09. The van der Waals surface area contributed by atoms with Crippen molar-refractivity contribution in [1.82, 2.24) is 5.32 Å². The van der Waals surface area contributed by atoms with Crippen LogP contribution in [0.25, 0.3) is 6.08 Å². The topological polar surface area (TPSA) is 58.6 Å². The summed E-state index contributed by atoms with van der Waals surface area (Å²) in [6.07, 6.45) is 2.15. The zero-order chi connectivity index (χ0) is 15.3. The number of hydrogen-bond donors (Lipinski definition) is 2. The average molecular weight is 285 g/mol. The van der Waals surface area contributed by atoms with E-state index in [1.165, 1.54) is 18.2 Å². The minimum atomic E-state index is -1.30. The lowest BCUT2D eigenvalue weighted by molar-refractivity contribution is 0.0534. The van der Waals surface area contributed by atoms with Gasteiger partial charge in [0.2, 0.25) is 5.82 Å². The molecule has 0 radical (unpaired) electrons. The number of ether oxygens (including phenoxy) is 1. The maximum atomic E-state index is 13.4. The van der Waals surface area contributed by atoms with Crippen molar-refractivity contribution in [2.24, 2.45) is 0 Å². The fourth-order valence-electron chi connectivity index (χ4n) is 1.33. The Balaban J connectivity index is 2.54. The van der Waals surface area contributed by atoms with Crippen LogP contribution < -0.4 is 5.32 Å². The van der Waals surface area contributed by atoms with Gasteiger partial charge in [-0.05, 0) is 32.9 Å². The molecule has 1 amide bonds. The van der Waals surface area contributed by atoms with E-state index in [9.17, 15) is 13.6 Å². The van der Waals surface area contributed by atoms with E-state index in [4.69, 9.17) is 9.84 Å². The first kappa shape index (κ1) is 15.9. The van der Waals surface area contributed by atoms with E-state index in [1.807, 2.05) is 0 Å². The maximum absolute atomic E-state index is 13.4. The van der Waals surface area contributed by atoms with Gasteiger partial charge in [-0.25, -0.2) is 9.18 Å². The normalized spacial score (nSPS) is 11.7. The molecule has 2 N–H and O–H groups in total. The molecule has 110 valence electrons. The van der Waals surface area contributed by atoms with Crippen molar-refractivity contribution >= 4 is 12.2 Å². The zero-order valence-electron chi connectivity index (χ0n) is 11.5. The number of benzene rings is 1. The van der Waals surface area contributed by atoms with E-state index < -0.39 is 29.1 Å². The highest BCUT2D eigenvalue weighted by atomic mass is 19.2. The van der Waals surface area contributed by atoms with Crippen LogP contribution in [0.3, 0.4) is 0 Å². The average Bonchev–Trinajstić information content (AvgIpc) is 2.32. The van der Waals surface area contributed by atoms with E-state index in [2.05, 4.69) is 5.32 Å². The molecule has 0 aliphatic rings. The minimum Gasteiger partial charge on any atom is -0.505 e. The van der Waals surface area contributed by atoms with Crippen LogP contribution in [0.1, 0.15) is 26.3 Å². The summed E-state index contributed by atoms with van der Waals surface area (Å²) in [5.41, 5.74) is -0.619. The molecule has 1 aromatic carbocycles. The van der Waals surface area contributed by atoms with Crippen LogP contribution in [0.15, 0.2) is 18.2 Å². The number of phenols is 1. The monoisotopic (exact) mass is 285 g/mol. The molecule has 0 aliphatic carbocycles. The number of rotatable bonds is 3. The van der Waals surface area contributed by atoms with Gasteiger partial charge in [-0.2, -0.15) is 4.39 Å². The summed E-state index contributed by atoms with van der Waals surface area (Å²) in [6.45, 7) is 5.31. The standard InChI is InChI=1S/C14H17F2NO3/c1-14(2,3)20-13(19)17-8-4-5-9-6-7-10(18)12(16)11(9)15/h4-7,18H,8H2,1-3H3,(H,17,19). The van der Waals surface area contributed by atoms with Crippen molar-refractivity contribution in [3.8, 4) is 5.75 Å². The van der Waals surface area contributed by atoms with Crippen molar-refractivity contribution in [1.29, 1.82) is 0 Å². The van der Waals surface area contributed by atoms with E-state index in [-0.39, 0.29) is 12.1 Å². The lowest BCUT2D eigenvalue weighted by Gasteiger charge is -2.19. The van der Waals surface area contributed by atoms with Crippen molar-refractivity contribution < 1.29 is 23.4 Å². The summed E-state index contributed by atoms with van der Waals surface area (Å²) in [7, 11) is 0. The largest absolute Gasteiger partial charge is 0.505 e. The predicted octanol–water partition coefficient (Wildman–Crippen LogP) is 3.21. The molecule has 0 saturated heterocycles. The van der Waals surface area contributed by atoms with Crippen molar-refractivity contribution in [3.05, 3.63) is 35.4 Å². The first-order valence-electron chi connectivity index (χ1n) is 6.01. The lowest BCUT2D eigenvalue weighted by atomic mass is 10.2. The second-order valence-corrected chi connectivity index (χ2v) is 5.09. The number of alkyl carbamates (subject to hydrolysis) is 1. The van der Waals surface area contributed by atoms with E-state index in [0.29, 0.717) is 0 Å². The summed E-state index contributed by atoms with van der Waals surface area (Å²) < 4.78 is 31.4. The van der Waals surface area contributed by atoms with Gasteiger partial charge in [0, 0.05) is 12.1 Å². The predicted molar refractivity (Wildman–Crippen MR) is 71.3 cm³/mol. The van der Waals surface area contributed by atoms with Crippen LogP contribution in [-0.2, 0) is 4.74 Å². The van der Waals surface area contributed by atoms with Crippen LogP contribution in [-0.4, -0.2) is 23.3 Å². The first-order valence-corrected chi connectivity index (χ1v) is 6.01. The second kappa shape index (κ2) is 6.36. The molecule has 0 aliphatic heterocycles. The smallest absolute Gasteiger partial charge is 0.407 e. The highest BCUT2D eigenvalue weighted by Gasteiger charge is 2.15. The molecule has 1 aromatic rings. The Hall–Kier alpha value is -2.11. The van der Waals surface area contributed by atoms with Gasteiger partial charge in [0.05, 0.1) is 0 Å². The summed E-state index contributed by atoms with van der Waals surface area (Å²) in [4.78, 5) is 11.3. The molecular formula is C14H17F2NO3. The number of carbonyl (C=O) groups is 1. The van der Waals surface area contributed by atoms with Gasteiger partial charge in [0.15, 0.2) is 11.6 Å². The van der Waals surface area contributed by atoms with Crippen molar-refractivity contribution in [2.45, 2.75) is 26.4 Å². The number of halogens is 2. The van der Waals surface area contributed by atoms with Gasteiger partial charge < -0.3 is 15.2 Å². The Morgan fingerprint density at radius 2 is 2.00 bits per heavy atom. The fraction of sp³-hybridized carbons (Fsp3) is 0.357. The third kappa shape index (κ3) is 4.87. The number of aromatic hydroxyl groups is 1. The number of phenolic OH excluding ortho intramolecular Hbond substituents is 1. The van der Waals surface area contributed by atoms with Crippen LogP contribution in [0.2, 0.25) is 0 Å². The highest BCUT2D eigenvalue weighted by molar-refractivity contribution is 5.68. The molecule has 0 heterocycles. The van der Waals surface area contributed by atoms with Crippen molar-refractivity contribution in [3.63, 3.8) is 0 Å². The summed E-state index contributed by atoms with van der Waals surface area (Å²) >= 11 is 0. The molecule has 0 spiro atoms. The van der Waals surface area contributed by atoms with Gasteiger partial charge in [-0.15, -0.1) is 0 Å². The van der Waals surface area contributed by atoms with E-state index >= 15 is 0 Å². The quantitative estimate of drug-likeness (QED) is 0.896. The highest BCUT2D eigenvalue weighted by Crippen LogP contribution is 2.21. The number of hydrogen-bond acceptors (Lipinski definition) is 3. The summed E-state index contributed by atoms with van der Waals surface area (Å²) in [5, 5.41) is 11.4. The first-order chi connectivity index (χ1) is 9.20. The van der Waals surface area contributed by atoms with E-state index in [0.717, 1.165) is 6.07 Å². The Kier molecular flexibility index (Phi) is 5.07. The van der Waals surface area contributed by atoms with Crippen LogP contribution in [0, 0.1) is 11.6 Å². The molecular weight excluding hydrogens is 268 g/mol. The molecule has 0 fully saturated rings. The number of nitrogens with one attached hydrogen (secondary N) is 1. The Bertz CT molecular complexity index is 522. The molecule has 4 nitrogen and oxygen atoms in total. The maximum Gasteiger partial charge on any atom is 0.407 e. The lowest BCUT2D eigenvalue weighted by Crippen LogP contribution is -2.32. The summed E-state index contributed by atoms with van der Waals surface area (Å²) in [6, 6.07) is 2.29. The Morgan fingerprint density at radius 3 is 2.60 bits per heavy atom. The molecule has 6 heteroatoms. The van der Waals surface area contributed by atoms with Gasteiger partial charge in [-0.1, -0.05) is 12.2 Å². The molecule has 1 rings (SSSR count). The van der Waals surface area contributed by atoms with E-state index in [1.54, 1.807) is 20.8 Å². The SMILES string of the molecule is CC(C)(C)OC(=O)NCC=Cc1ccc(O)c(F)c1F.